The molecule has 7 rings (SSSR count). The topological polar surface area (TPSA) is 139 Å². The zero-order chi connectivity index (χ0) is 45.4. The van der Waals surface area contributed by atoms with Crippen LogP contribution in [0.5, 0.6) is 0 Å². The summed E-state index contributed by atoms with van der Waals surface area (Å²) in [7, 11) is -1.04. The Morgan fingerprint density at radius 3 is 1.98 bits per heavy atom. The Labute approximate surface area is 377 Å². The molecule has 4 aromatic carbocycles. The average molecular weight is 880 g/mol. The smallest absolute Gasteiger partial charge is 0.262 e. The number of carbonyl (C=O) groups excluding carboxylic acids is 5. The van der Waals surface area contributed by atoms with Gasteiger partial charge in [0.15, 0.2) is 5.78 Å². The minimum atomic E-state index is -2.97. The number of amides is 4. The summed E-state index contributed by atoms with van der Waals surface area (Å²) in [6.45, 7) is 8.69. The Bertz CT molecular complexity index is 2430. The van der Waals surface area contributed by atoms with E-state index in [9.17, 15) is 24.0 Å². The monoisotopic (exact) mass is 879 g/mol. The minimum absolute atomic E-state index is 0.154. The van der Waals surface area contributed by atoms with E-state index in [1.807, 2.05) is 116 Å². The minimum Gasteiger partial charge on any atom is -0.397 e. The molecule has 2 fully saturated rings. The van der Waals surface area contributed by atoms with E-state index >= 15 is 0 Å². The Balaban J connectivity index is 1.09. The SMILES string of the molecule is C[C@H](O[Si](c1ccccc1)(c1ccccc1)C(C)(C)C)C(=O)/C=C/CCC[C@@H]1NC(=O)[C@H]2CCCN2C(=O)[C@H](Cc2ccccc2)NC(=O)[C@H](Cc2cc3ccccc3n2C)NC1=O. The maximum Gasteiger partial charge on any atom is 0.262 e. The summed E-state index contributed by atoms with van der Waals surface area (Å²) in [6.07, 6.45) is 5.22. The van der Waals surface area contributed by atoms with Crippen molar-refractivity contribution in [3.05, 3.63) is 145 Å². The van der Waals surface area contributed by atoms with Crippen LogP contribution in [0.1, 0.15) is 71.1 Å². The van der Waals surface area contributed by atoms with Crippen LogP contribution >= 0.6 is 0 Å². The molecule has 12 heteroatoms. The van der Waals surface area contributed by atoms with Gasteiger partial charge < -0.3 is 29.8 Å². The number of aryl methyl sites for hydroxylation is 1. The molecule has 3 heterocycles. The Kier molecular flexibility index (Phi) is 14.5. The highest BCUT2D eigenvalue weighted by molar-refractivity contribution is 6.99. The third kappa shape index (κ3) is 10.1. The number of fused-ring (bicyclic) bond motifs is 2. The molecule has 0 spiro atoms. The molecule has 0 unspecified atom stereocenters. The fourth-order valence-corrected chi connectivity index (χ4v) is 14.0. The number of unbranched alkanes of at least 4 members (excludes halogenated alkanes) is 1. The van der Waals surface area contributed by atoms with Gasteiger partial charge in [0, 0.05) is 37.6 Å². The molecular formula is C52H61N5O6Si. The summed E-state index contributed by atoms with van der Waals surface area (Å²) >= 11 is 0. The van der Waals surface area contributed by atoms with Gasteiger partial charge in [0.1, 0.15) is 30.3 Å². The van der Waals surface area contributed by atoms with Crippen molar-refractivity contribution < 1.29 is 28.4 Å². The van der Waals surface area contributed by atoms with Crippen molar-refractivity contribution in [1.82, 2.24) is 25.4 Å². The van der Waals surface area contributed by atoms with E-state index in [-0.39, 0.29) is 36.0 Å². The van der Waals surface area contributed by atoms with Gasteiger partial charge in [-0.1, -0.05) is 136 Å². The molecule has 2 aliphatic rings. The number of carbonyl (C=O) groups is 5. The largest absolute Gasteiger partial charge is 0.397 e. The number of nitrogens with one attached hydrogen (secondary N) is 3. The molecule has 1 aromatic heterocycles. The quantitative estimate of drug-likeness (QED) is 0.0746. The lowest BCUT2D eigenvalue weighted by atomic mass is 10.0. The third-order valence-corrected chi connectivity index (χ3v) is 17.9. The van der Waals surface area contributed by atoms with Crippen molar-refractivity contribution >= 4 is 59.0 Å². The van der Waals surface area contributed by atoms with Crippen molar-refractivity contribution in [2.45, 2.75) is 108 Å². The van der Waals surface area contributed by atoms with E-state index in [2.05, 4.69) is 61.0 Å². The lowest BCUT2D eigenvalue weighted by Crippen LogP contribution is -2.68. The maximum atomic E-state index is 14.4. The predicted octanol–water partition coefficient (Wildman–Crippen LogP) is 5.68. The first-order valence-electron chi connectivity index (χ1n) is 22.5. The fourth-order valence-electron chi connectivity index (χ4n) is 9.38. The fraction of sp³-hybridized carbons (Fsp3) is 0.365. The van der Waals surface area contributed by atoms with Gasteiger partial charge in [0.05, 0.1) is 0 Å². The van der Waals surface area contributed by atoms with Crippen LogP contribution in [0.15, 0.2) is 133 Å². The van der Waals surface area contributed by atoms with E-state index in [0.717, 1.165) is 32.5 Å². The highest BCUT2D eigenvalue weighted by atomic mass is 28.4. The molecule has 2 aliphatic heterocycles. The summed E-state index contributed by atoms with van der Waals surface area (Å²) in [5, 5.41) is 11.8. The molecule has 0 aliphatic carbocycles. The summed E-state index contributed by atoms with van der Waals surface area (Å²) in [4.78, 5) is 72.4. The summed E-state index contributed by atoms with van der Waals surface area (Å²) in [5.74, 6) is -1.86. The second-order valence-electron chi connectivity index (χ2n) is 18.2. The zero-order valence-corrected chi connectivity index (χ0v) is 38.6. The second kappa shape index (κ2) is 20.2. The summed E-state index contributed by atoms with van der Waals surface area (Å²) in [6, 6.07) is 36.0. The zero-order valence-electron chi connectivity index (χ0n) is 37.6. The first kappa shape index (κ1) is 45.9. The number of hydrogen-bond donors (Lipinski definition) is 3. The number of hydrogen-bond acceptors (Lipinski definition) is 6. The van der Waals surface area contributed by atoms with Crippen LogP contribution in [0.2, 0.25) is 5.04 Å². The van der Waals surface area contributed by atoms with Gasteiger partial charge >= 0.3 is 0 Å². The van der Waals surface area contributed by atoms with Gasteiger partial charge in [-0.15, -0.1) is 0 Å². The van der Waals surface area contributed by atoms with E-state index in [1.165, 1.54) is 0 Å². The van der Waals surface area contributed by atoms with E-state index in [1.54, 1.807) is 17.1 Å². The Hall–Kier alpha value is -6.11. The van der Waals surface area contributed by atoms with Gasteiger partial charge in [0.2, 0.25) is 23.6 Å². The molecule has 3 N–H and O–H groups in total. The molecule has 5 aromatic rings. The van der Waals surface area contributed by atoms with Crippen LogP contribution in [0.3, 0.4) is 0 Å². The van der Waals surface area contributed by atoms with Crippen LogP contribution in [0.4, 0.5) is 0 Å². The predicted molar refractivity (Wildman–Crippen MR) is 253 cm³/mol. The molecule has 0 radical (unpaired) electrons. The van der Waals surface area contributed by atoms with Gasteiger partial charge in [0.25, 0.3) is 8.32 Å². The molecule has 64 heavy (non-hydrogen) atoms. The number of nitrogens with zero attached hydrogens (tertiary/aromatic N) is 2. The lowest BCUT2D eigenvalue weighted by Gasteiger charge is -2.44. The molecule has 11 nitrogen and oxygen atoms in total. The van der Waals surface area contributed by atoms with Crippen molar-refractivity contribution in [2.24, 2.45) is 7.05 Å². The van der Waals surface area contributed by atoms with Gasteiger partial charge in [-0.05, 0) is 83.6 Å². The second-order valence-corrected chi connectivity index (χ2v) is 22.4. The van der Waals surface area contributed by atoms with Gasteiger partial charge in [-0.3, -0.25) is 24.0 Å². The number of aromatic nitrogens is 1. The average Bonchev–Trinajstić information content (AvgIpc) is 3.91. The number of benzene rings is 4. The molecule has 5 atom stereocenters. The van der Waals surface area contributed by atoms with Crippen LogP contribution < -0.4 is 26.3 Å². The maximum absolute atomic E-state index is 14.4. The number of allylic oxidation sites excluding steroid dienone is 1. The number of ketones is 1. The number of rotatable bonds is 14. The third-order valence-electron chi connectivity index (χ3n) is 12.8. The first-order chi connectivity index (χ1) is 30.8. The first-order valence-corrected chi connectivity index (χ1v) is 24.5. The van der Waals surface area contributed by atoms with E-state index in [4.69, 9.17) is 4.43 Å². The summed E-state index contributed by atoms with van der Waals surface area (Å²) < 4.78 is 9.02. The lowest BCUT2D eigenvalue weighted by molar-refractivity contribution is -0.143. The van der Waals surface area contributed by atoms with E-state index < -0.39 is 56.3 Å². The van der Waals surface area contributed by atoms with Crippen LogP contribution in [-0.4, -0.2) is 84.0 Å². The highest BCUT2D eigenvalue weighted by Crippen LogP contribution is 2.37. The highest BCUT2D eigenvalue weighted by Gasteiger charge is 2.51. The molecule has 334 valence electrons. The van der Waals surface area contributed by atoms with Crippen LogP contribution in [-0.2, 0) is 48.3 Å². The number of para-hydroxylation sites is 1. The molecule has 2 saturated heterocycles. The molecule has 0 saturated carbocycles. The molecule has 4 amide bonds. The van der Waals surface area contributed by atoms with Gasteiger partial charge in [-0.2, -0.15) is 0 Å². The van der Waals surface area contributed by atoms with Crippen molar-refractivity contribution in [2.75, 3.05) is 6.54 Å². The van der Waals surface area contributed by atoms with E-state index in [0.29, 0.717) is 32.2 Å². The van der Waals surface area contributed by atoms with Crippen molar-refractivity contribution in [3.8, 4) is 0 Å². The molecular weight excluding hydrogens is 819 g/mol. The van der Waals surface area contributed by atoms with Crippen LogP contribution in [0.25, 0.3) is 10.9 Å². The Morgan fingerprint density at radius 2 is 1.34 bits per heavy atom. The van der Waals surface area contributed by atoms with Gasteiger partial charge in [-0.25, -0.2) is 0 Å². The summed E-state index contributed by atoms with van der Waals surface area (Å²) in [5.41, 5.74) is 2.66. The van der Waals surface area contributed by atoms with Crippen LogP contribution in [0, 0.1) is 0 Å². The van der Waals surface area contributed by atoms with Crippen molar-refractivity contribution in [1.29, 1.82) is 0 Å². The normalized spacial score (nSPS) is 20.5. The molecule has 0 bridgehead atoms. The standard InChI is InChI=1S/C52H61N5O6Si/c1-36(63-64(52(2,3)4,40-24-12-7-13-25-40)41-26-14-8-15-27-41)47(58)31-17-9-16-28-42-48(59)54-43(35-39-34-38-23-18-19-29-45(38)56(39)5)49(60)55-44(33-37-21-10-6-11-22-37)51(62)57-32-20-30-46(57)50(61)53-42/h6-8,10-15,17-19,21-27,29,31,34,36,42-44,46H,9,16,20,28,30,32-33,35H2,1-5H3,(H,53,61)(H,54,59)(H,55,60)/b31-17+/t36-,42-,43-,44-,46+/m0/s1. The Morgan fingerprint density at radius 1 is 0.766 bits per heavy atom. The van der Waals surface area contributed by atoms with Crippen molar-refractivity contribution in [3.63, 3.8) is 0 Å².